The maximum absolute atomic E-state index is 5.67. The standard InChI is InChI=1S/C8H9ClO2S/c9-4-6-3-7(12-5-6)8-10-1-2-11-8/h3,5,8H,1-2,4H2. The lowest BCUT2D eigenvalue weighted by Crippen LogP contribution is -1.93. The Morgan fingerprint density at radius 2 is 2.25 bits per heavy atom. The van der Waals surface area contributed by atoms with Gasteiger partial charge in [-0.3, -0.25) is 0 Å². The summed E-state index contributed by atoms with van der Waals surface area (Å²) in [6.07, 6.45) is -0.146. The van der Waals surface area contributed by atoms with Crippen LogP contribution in [0.2, 0.25) is 0 Å². The van der Waals surface area contributed by atoms with Crippen LogP contribution in [0.5, 0.6) is 0 Å². The average Bonchev–Trinajstić information content (AvgIpc) is 2.75. The molecule has 0 N–H and O–H groups in total. The molecule has 1 aliphatic heterocycles. The summed E-state index contributed by atoms with van der Waals surface area (Å²) in [6.45, 7) is 1.39. The Labute approximate surface area is 80.1 Å². The molecule has 1 saturated heterocycles. The van der Waals surface area contributed by atoms with E-state index in [1.165, 1.54) is 0 Å². The summed E-state index contributed by atoms with van der Waals surface area (Å²) >= 11 is 7.31. The summed E-state index contributed by atoms with van der Waals surface area (Å²) in [6, 6.07) is 2.04. The third-order valence-electron chi connectivity index (χ3n) is 1.68. The average molecular weight is 205 g/mol. The van der Waals surface area contributed by atoms with Crippen molar-refractivity contribution in [3.8, 4) is 0 Å². The zero-order valence-corrected chi connectivity index (χ0v) is 8.03. The molecule has 66 valence electrons. The van der Waals surface area contributed by atoms with Gasteiger partial charge in [-0.05, 0) is 17.0 Å². The molecule has 4 heteroatoms. The predicted octanol–water partition coefficient (Wildman–Crippen LogP) is 2.53. The minimum absolute atomic E-state index is 0.146. The van der Waals surface area contributed by atoms with Crippen LogP contribution in [0.1, 0.15) is 16.7 Å². The molecule has 1 fully saturated rings. The van der Waals surface area contributed by atoms with Crippen LogP contribution in [0, 0.1) is 0 Å². The van der Waals surface area contributed by atoms with Crippen molar-refractivity contribution in [2.75, 3.05) is 13.2 Å². The van der Waals surface area contributed by atoms with Gasteiger partial charge in [-0.15, -0.1) is 22.9 Å². The molecule has 0 aliphatic carbocycles. The van der Waals surface area contributed by atoms with Crippen LogP contribution in [0.4, 0.5) is 0 Å². The van der Waals surface area contributed by atoms with Gasteiger partial charge >= 0.3 is 0 Å². The van der Waals surface area contributed by atoms with E-state index in [1.807, 2.05) is 11.4 Å². The molecule has 0 aromatic carbocycles. The van der Waals surface area contributed by atoms with Crippen molar-refractivity contribution in [2.45, 2.75) is 12.2 Å². The lowest BCUT2D eigenvalue weighted by molar-refractivity contribution is -0.0413. The van der Waals surface area contributed by atoms with Crippen molar-refractivity contribution in [3.05, 3.63) is 21.9 Å². The van der Waals surface area contributed by atoms with Crippen LogP contribution >= 0.6 is 22.9 Å². The molecule has 0 unspecified atom stereocenters. The highest BCUT2D eigenvalue weighted by atomic mass is 35.5. The monoisotopic (exact) mass is 204 g/mol. The van der Waals surface area contributed by atoms with E-state index >= 15 is 0 Å². The zero-order chi connectivity index (χ0) is 8.39. The lowest BCUT2D eigenvalue weighted by atomic mass is 10.3. The summed E-state index contributed by atoms with van der Waals surface area (Å²) in [5.41, 5.74) is 1.13. The molecule has 1 aliphatic rings. The summed E-state index contributed by atoms with van der Waals surface area (Å²) < 4.78 is 10.7. The molecular weight excluding hydrogens is 196 g/mol. The number of hydrogen-bond donors (Lipinski definition) is 0. The Morgan fingerprint density at radius 3 is 2.83 bits per heavy atom. The van der Waals surface area contributed by atoms with Gasteiger partial charge in [0.05, 0.1) is 18.1 Å². The molecule has 0 radical (unpaired) electrons. The van der Waals surface area contributed by atoms with Crippen LogP contribution in [0.25, 0.3) is 0 Å². The molecule has 2 rings (SSSR count). The van der Waals surface area contributed by atoms with Gasteiger partial charge in [0, 0.05) is 5.88 Å². The number of halogens is 1. The molecule has 1 aromatic heterocycles. The highest BCUT2D eigenvalue weighted by Gasteiger charge is 2.19. The summed E-state index contributed by atoms with van der Waals surface area (Å²) in [4.78, 5) is 1.11. The second kappa shape index (κ2) is 3.75. The topological polar surface area (TPSA) is 18.5 Å². The number of alkyl halides is 1. The molecule has 0 bridgehead atoms. The van der Waals surface area contributed by atoms with Crippen molar-refractivity contribution in [2.24, 2.45) is 0 Å². The van der Waals surface area contributed by atoms with E-state index < -0.39 is 0 Å². The minimum Gasteiger partial charge on any atom is -0.345 e. The Morgan fingerprint density at radius 1 is 1.50 bits per heavy atom. The van der Waals surface area contributed by atoms with Crippen molar-refractivity contribution in [1.82, 2.24) is 0 Å². The largest absolute Gasteiger partial charge is 0.345 e. The fraction of sp³-hybridized carbons (Fsp3) is 0.500. The van der Waals surface area contributed by atoms with E-state index in [0.29, 0.717) is 19.1 Å². The van der Waals surface area contributed by atoms with Crippen LogP contribution in [0.3, 0.4) is 0 Å². The molecular formula is C8H9ClO2S. The molecule has 0 spiro atoms. The Hall–Kier alpha value is -0.0900. The van der Waals surface area contributed by atoms with Gasteiger partial charge in [0.15, 0.2) is 6.29 Å². The fourth-order valence-corrected chi connectivity index (χ4v) is 2.26. The number of hydrogen-bond acceptors (Lipinski definition) is 3. The molecule has 0 amide bonds. The normalized spacial score (nSPS) is 18.8. The van der Waals surface area contributed by atoms with E-state index in [9.17, 15) is 0 Å². The van der Waals surface area contributed by atoms with Crippen LogP contribution in [-0.4, -0.2) is 13.2 Å². The van der Waals surface area contributed by atoms with Gasteiger partial charge in [0.1, 0.15) is 0 Å². The third-order valence-corrected chi connectivity index (χ3v) is 2.99. The maximum Gasteiger partial charge on any atom is 0.193 e. The second-order valence-electron chi connectivity index (χ2n) is 2.56. The maximum atomic E-state index is 5.67. The summed E-state index contributed by atoms with van der Waals surface area (Å²) in [5.74, 6) is 0.559. The molecule has 12 heavy (non-hydrogen) atoms. The number of thiophene rings is 1. The smallest absolute Gasteiger partial charge is 0.193 e. The fourth-order valence-electron chi connectivity index (χ4n) is 1.11. The van der Waals surface area contributed by atoms with Crippen molar-refractivity contribution in [3.63, 3.8) is 0 Å². The van der Waals surface area contributed by atoms with Gasteiger partial charge in [-0.25, -0.2) is 0 Å². The number of rotatable bonds is 2. The third kappa shape index (κ3) is 1.64. The Kier molecular flexibility index (Phi) is 2.66. The SMILES string of the molecule is ClCc1csc(C2OCCO2)c1. The summed E-state index contributed by atoms with van der Waals surface area (Å²) in [7, 11) is 0. The molecule has 0 saturated carbocycles. The van der Waals surface area contributed by atoms with Crippen LogP contribution in [-0.2, 0) is 15.4 Å². The first-order valence-corrected chi connectivity index (χ1v) is 5.18. The van der Waals surface area contributed by atoms with Crippen LogP contribution in [0.15, 0.2) is 11.4 Å². The lowest BCUT2D eigenvalue weighted by Gasteiger charge is -2.04. The van der Waals surface area contributed by atoms with Gasteiger partial charge in [0.2, 0.25) is 0 Å². The molecule has 0 atom stereocenters. The van der Waals surface area contributed by atoms with E-state index in [-0.39, 0.29) is 6.29 Å². The van der Waals surface area contributed by atoms with E-state index in [1.54, 1.807) is 11.3 Å². The predicted molar refractivity (Wildman–Crippen MR) is 48.5 cm³/mol. The molecule has 2 nitrogen and oxygen atoms in total. The Bertz CT molecular complexity index is 255. The first kappa shape index (κ1) is 8.51. The van der Waals surface area contributed by atoms with Crippen molar-refractivity contribution >= 4 is 22.9 Å². The minimum atomic E-state index is -0.146. The van der Waals surface area contributed by atoms with Gasteiger partial charge in [-0.1, -0.05) is 0 Å². The van der Waals surface area contributed by atoms with Crippen molar-refractivity contribution < 1.29 is 9.47 Å². The van der Waals surface area contributed by atoms with E-state index in [0.717, 1.165) is 10.4 Å². The Balaban J connectivity index is 2.11. The quantitative estimate of drug-likeness (QED) is 0.690. The van der Waals surface area contributed by atoms with Gasteiger partial charge < -0.3 is 9.47 Å². The van der Waals surface area contributed by atoms with Gasteiger partial charge in [-0.2, -0.15) is 0 Å². The zero-order valence-electron chi connectivity index (χ0n) is 6.46. The van der Waals surface area contributed by atoms with Crippen molar-refractivity contribution in [1.29, 1.82) is 0 Å². The molecule has 1 aromatic rings. The highest BCUT2D eigenvalue weighted by Crippen LogP contribution is 2.29. The van der Waals surface area contributed by atoms with E-state index in [2.05, 4.69) is 0 Å². The summed E-state index contributed by atoms with van der Waals surface area (Å²) in [5, 5.41) is 2.04. The van der Waals surface area contributed by atoms with Crippen LogP contribution < -0.4 is 0 Å². The highest BCUT2D eigenvalue weighted by molar-refractivity contribution is 7.10. The second-order valence-corrected chi connectivity index (χ2v) is 3.77. The molecule has 2 heterocycles. The first-order chi connectivity index (χ1) is 5.90. The van der Waals surface area contributed by atoms with E-state index in [4.69, 9.17) is 21.1 Å². The first-order valence-electron chi connectivity index (χ1n) is 3.76. The number of ether oxygens (including phenoxy) is 2. The van der Waals surface area contributed by atoms with Gasteiger partial charge in [0.25, 0.3) is 0 Å².